The molecular formula is C14H21N3O2. The second-order valence-corrected chi connectivity index (χ2v) is 5.04. The number of carbonyl (C=O) groups is 1. The minimum Gasteiger partial charge on any atom is -0.392 e. The zero-order chi connectivity index (χ0) is 13.8. The fourth-order valence-corrected chi connectivity index (χ4v) is 2.63. The number of rotatable bonds is 3. The molecule has 1 atom stereocenters. The highest BCUT2D eigenvalue weighted by Gasteiger charge is 2.26. The first kappa shape index (κ1) is 13.8. The lowest BCUT2D eigenvalue weighted by Crippen LogP contribution is -2.42. The van der Waals surface area contributed by atoms with E-state index in [1.807, 2.05) is 13.0 Å². The van der Waals surface area contributed by atoms with E-state index in [2.05, 4.69) is 15.2 Å². The predicted molar refractivity (Wildman–Crippen MR) is 73.9 cm³/mol. The second kappa shape index (κ2) is 6.02. The molecular weight excluding hydrogens is 242 g/mol. The predicted octanol–water partition coefficient (Wildman–Crippen LogP) is 0.845. The summed E-state index contributed by atoms with van der Waals surface area (Å²) in [4.78, 5) is 18.3. The minimum absolute atomic E-state index is 0.00891. The molecule has 0 radical (unpaired) electrons. The van der Waals surface area contributed by atoms with Crippen molar-refractivity contribution < 1.29 is 9.90 Å². The fraction of sp³-hybridized carbons (Fsp3) is 0.571. The lowest BCUT2D eigenvalue weighted by molar-refractivity contribution is -0.124. The lowest BCUT2D eigenvalue weighted by Gasteiger charge is -2.33. The van der Waals surface area contributed by atoms with Crippen LogP contribution in [0.5, 0.6) is 0 Å². The summed E-state index contributed by atoms with van der Waals surface area (Å²) >= 11 is 0. The van der Waals surface area contributed by atoms with E-state index in [9.17, 15) is 4.79 Å². The number of hydrogen-bond acceptors (Lipinski definition) is 4. The molecule has 19 heavy (non-hydrogen) atoms. The Kier molecular flexibility index (Phi) is 4.37. The lowest BCUT2D eigenvalue weighted by atomic mass is 9.97. The molecule has 2 heterocycles. The molecule has 1 saturated heterocycles. The van der Waals surface area contributed by atoms with Gasteiger partial charge in [-0.2, -0.15) is 0 Å². The van der Waals surface area contributed by atoms with Crippen molar-refractivity contribution in [1.82, 2.24) is 10.3 Å². The molecule has 0 aromatic carbocycles. The summed E-state index contributed by atoms with van der Waals surface area (Å²) in [6, 6.07) is 1.95. The van der Waals surface area contributed by atoms with Gasteiger partial charge in [0.2, 0.25) is 5.91 Å². The number of hydrogen-bond donors (Lipinski definition) is 2. The average molecular weight is 263 g/mol. The molecule has 5 nitrogen and oxygen atoms in total. The number of piperidine rings is 1. The van der Waals surface area contributed by atoms with E-state index >= 15 is 0 Å². The Morgan fingerprint density at radius 2 is 2.42 bits per heavy atom. The summed E-state index contributed by atoms with van der Waals surface area (Å²) in [6.07, 6.45) is 3.64. The van der Waals surface area contributed by atoms with E-state index in [-0.39, 0.29) is 18.4 Å². The van der Waals surface area contributed by atoms with Gasteiger partial charge in [0.1, 0.15) is 5.82 Å². The number of nitrogens with one attached hydrogen (secondary N) is 1. The molecule has 1 aliphatic rings. The van der Waals surface area contributed by atoms with Gasteiger partial charge in [0.25, 0.3) is 0 Å². The summed E-state index contributed by atoms with van der Waals surface area (Å²) in [6.45, 7) is 3.64. The van der Waals surface area contributed by atoms with Crippen LogP contribution in [0.2, 0.25) is 0 Å². The number of pyridine rings is 1. The van der Waals surface area contributed by atoms with Gasteiger partial charge in [-0.15, -0.1) is 0 Å². The molecule has 0 saturated carbocycles. The van der Waals surface area contributed by atoms with Gasteiger partial charge in [-0.25, -0.2) is 4.98 Å². The van der Waals surface area contributed by atoms with Gasteiger partial charge in [-0.1, -0.05) is 0 Å². The van der Waals surface area contributed by atoms with Gasteiger partial charge in [0.05, 0.1) is 12.5 Å². The maximum Gasteiger partial charge on any atom is 0.224 e. The summed E-state index contributed by atoms with van der Waals surface area (Å²) in [5.41, 5.74) is 1.87. The van der Waals surface area contributed by atoms with E-state index in [1.165, 1.54) is 0 Å². The standard InChI is InChI=1S/C14H21N3O2/c1-10-6-11(9-18)7-16-13(10)17-5-3-4-12(8-17)14(19)15-2/h6-7,12,18H,3-5,8-9H2,1-2H3,(H,15,19). The summed E-state index contributed by atoms with van der Waals surface area (Å²) < 4.78 is 0. The van der Waals surface area contributed by atoms with Gasteiger partial charge in [0, 0.05) is 26.3 Å². The third-order valence-electron chi connectivity index (χ3n) is 3.63. The average Bonchev–Trinajstić information content (AvgIpc) is 2.46. The molecule has 0 aliphatic carbocycles. The van der Waals surface area contributed by atoms with E-state index in [1.54, 1.807) is 13.2 Å². The molecule has 2 rings (SSSR count). The number of carbonyl (C=O) groups excluding carboxylic acids is 1. The van der Waals surface area contributed by atoms with Crippen LogP contribution in [0.1, 0.15) is 24.0 Å². The summed E-state index contributed by atoms with van der Waals surface area (Å²) in [5.74, 6) is 1.07. The summed E-state index contributed by atoms with van der Waals surface area (Å²) in [7, 11) is 1.68. The number of aromatic nitrogens is 1. The number of aliphatic hydroxyl groups is 1. The second-order valence-electron chi connectivity index (χ2n) is 5.04. The first-order valence-electron chi connectivity index (χ1n) is 6.68. The fourth-order valence-electron chi connectivity index (χ4n) is 2.63. The quantitative estimate of drug-likeness (QED) is 0.848. The van der Waals surface area contributed by atoms with Crippen LogP contribution in [0.25, 0.3) is 0 Å². The van der Waals surface area contributed by atoms with Gasteiger partial charge < -0.3 is 15.3 Å². The highest BCUT2D eigenvalue weighted by atomic mass is 16.3. The van der Waals surface area contributed by atoms with Crippen molar-refractivity contribution in [3.05, 3.63) is 23.4 Å². The molecule has 5 heteroatoms. The van der Waals surface area contributed by atoms with Gasteiger partial charge in [0.15, 0.2) is 0 Å². The van der Waals surface area contributed by atoms with Crippen molar-refractivity contribution in [3.8, 4) is 0 Å². The van der Waals surface area contributed by atoms with Crippen LogP contribution in [0.4, 0.5) is 5.82 Å². The zero-order valence-electron chi connectivity index (χ0n) is 11.5. The molecule has 104 valence electrons. The Morgan fingerprint density at radius 3 is 3.05 bits per heavy atom. The van der Waals surface area contributed by atoms with Crippen molar-refractivity contribution in [3.63, 3.8) is 0 Å². The van der Waals surface area contributed by atoms with E-state index < -0.39 is 0 Å². The van der Waals surface area contributed by atoms with Crippen LogP contribution >= 0.6 is 0 Å². The monoisotopic (exact) mass is 263 g/mol. The Balaban J connectivity index is 2.15. The van der Waals surface area contributed by atoms with E-state index in [0.717, 1.165) is 36.3 Å². The maximum absolute atomic E-state index is 11.7. The molecule has 1 unspecified atom stereocenters. The van der Waals surface area contributed by atoms with E-state index in [4.69, 9.17) is 5.11 Å². The molecule has 1 aromatic heterocycles. The maximum atomic E-state index is 11.7. The van der Waals surface area contributed by atoms with Crippen molar-refractivity contribution >= 4 is 11.7 Å². The molecule has 1 aliphatic heterocycles. The Bertz CT molecular complexity index is 462. The first-order valence-corrected chi connectivity index (χ1v) is 6.68. The Labute approximate surface area is 113 Å². The molecule has 1 aromatic rings. The normalized spacial score (nSPS) is 19.3. The van der Waals surface area contributed by atoms with Crippen LogP contribution in [-0.2, 0) is 11.4 Å². The summed E-state index contributed by atoms with van der Waals surface area (Å²) in [5, 5.41) is 11.8. The molecule has 1 fully saturated rings. The topological polar surface area (TPSA) is 65.5 Å². The molecule has 2 N–H and O–H groups in total. The van der Waals surface area contributed by atoms with Crippen molar-refractivity contribution in [1.29, 1.82) is 0 Å². The largest absolute Gasteiger partial charge is 0.392 e. The van der Waals surface area contributed by atoms with E-state index in [0.29, 0.717) is 6.54 Å². The number of nitrogens with zero attached hydrogens (tertiary/aromatic N) is 2. The van der Waals surface area contributed by atoms with Crippen molar-refractivity contribution in [2.75, 3.05) is 25.0 Å². The zero-order valence-corrected chi connectivity index (χ0v) is 11.5. The van der Waals surface area contributed by atoms with Crippen LogP contribution < -0.4 is 10.2 Å². The number of anilines is 1. The molecule has 0 spiro atoms. The number of amides is 1. The van der Waals surface area contributed by atoms with Crippen molar-refractivity contribution in [2.45, 2.75) is 26.4 Å². The smallest absolute Gasteiger partial charge is 0.224 e. The molecule has 1 amide bonds. The van der Waals surface area contributed by atoms with Crippen LogP contribution in [0.3, 0.4) is 0 Å². The third kappa shape index (κ3) is 3.04. The van der Waals surface area contributed by atoms with Crippen molar-refractivity contribution in [2.24, 2.45) is 5.92 Å². The first-order chi connectivity index (χ1) is 9.15. The van der Waals surface area contributed by atoms with Crippen LogP contribution in [-0.4, -0.2) is 36.1 Å². The third-order valence-corrected chi connectivity index (χ3v) is 3.63. The number of aryl methyl sites for hydroxylation is 1. The SMILES string of the molecule is CNC(=O)C1CCCN(c2ncc(CO)cc2C)C1. The Hall–Kier alpha value is -1.62. The minimum atomic E-state index is 0.00891. The highest BCUT2D eigenvalue weighted by Crippen LogP contribution is 2.24. The van der Waals surface area contributed by atoms with Crippen LogP contribution in [0, 0.1) is 12.8 Å². The van der Waals surface area contributed by atoms with Gasteiger partial charge in [-0.3, -0.25) is 4.79 Å². The van der Waals surface area contributed by atoms with Gasteiger partial charge in [-0.05, 0) is 37.0 Å². The van der Waals surface area contributed by atoms with Crippen LogP contribution in [0.15, 0.2) is 12.3 Å². The Morgan fingerprint density at radius 1 is 1.63 bits per heavy atom. The highest BCUT2D eigenvalue weighted by molar-refractivity contribution is 5.79. The van der Waals surface area contributed by atoms with Gasteiger partial charge >= 0.3 is 0 Å². The molecule has 0 bridgehead atoms. The number of aliphatic hydroxyl groups excluding tert-OH is 1.